The van der Waals surface area contributed by atoms with Crippen LogP contribution in [0.2, 0.25) is 0 Å². The second-order valence-electron chi connectivity index (χ2n) is 2.86. The zero-order valence-corrected chi connectivity index (χ0v) is 9.96. The smallest absolute Gasteiger partial charge is 0.209 e. The molecule has 0 aromatic carbocycles. The molecule has 0 aliphatic carbocycles. The second kappa shape index (κ2) is 7.61. The first kappa shape index (κ1) is 12.4. The lowest BCUT2D eigenvalue weighted by molar-refractivity contribution is 0.199. The molecule has 0 amide bonds. The van der Waals surface area contributed by atoms with Gasteiger partial charge in [-0.05, 0) is 16.2 Å². The van der Waals surface area contributed by atoms with Crippen molar-refractivity contribution in [2.45, 2.75) is 18.6 Å². The summed E-state index contributed by atoms with van der Waals surface area (Å²) >= 11 is 1.65. The lowest BCUT2D eigenvalue weighted by Gasteiger charge is -2.04. The number of hydrogen-bond acceptors (Lipinski definition) is 6. The van der Waals surface area contributed by atoms with Crippen LogP contribution in [-0.2, 0) is 11.3 Å². The highest BCUT2D eigenvalue weighted by molar-refractivity contribution is 7.99. The Hall–Kier alpha value is -0.660. The molecule has 0 aliphatic rings. The molecule has 15 heavy (non-hydrogen) atoms. The molecule has 0 aliphatic heterocycles. The Morgan fingerprint density at radius 2 is 2.33 bits per heavy atom. The number of ether oxygens (including phenoxy) is 1. The van der Waals surface area contributed by atoms with Gasteiger partial charge in [0.05, 0.1) is 13.2 Å². The minimum atomic E-state index is 0.728. The number of nitrogens with zero attached hydrogens (tertiary/aromatic N) is 4. The number of methoxy groups -OCH3 is 1. The summed E-state index contributed by atoms with van der Waals surface area (Å²) in [6, 6.07) is 0. The summed E-state index contributed by atoms with van der Waals surface area (Å²) in [5.74, 6) is 0.984. The Morgan fingerprint density at radius 1 is 1.47 bits per heavy atom. The number of tetrazole rings is 1. The Balaban J connectivity index is 2.21. The highest BCUT2D eigenvalue weighted by atomic mass is 32.2. The van der Waals surface area contributed by atoms with Gasteiger partial charge in [-0.1, -0.05) is 18.7 Å². The van der Waals surface area contributed by atoms with Crippen LogP contribution in [0.1, 0.15) is 6.92 Å². The number of rotatable bonds is 8. The maximum Gasteiger partial charge on any atom is 0.209 e. The molecule has 1 heterocycles. The van der Waals surface area contributed by atoms with Crippen molar-refractivity contribution < 1.29 is 4.74 Å². The van der Waals surface area contributed by atoms with Crippen molar-refractivity contribution in [3.8, 4) is 0 Å². The molecule has 6 nitrogen and oxygen atoms in total. The molecule has 0 atom stereocenters. The van der Waals surface area contributed by atoms with Gasteiger partial charge in [-0.25, -0.2) is 4.68 Å². The van der Waals surface area contributed by atoms with Gasteiger partial charge in [0.1, 0.15) is 0 Å². The number of nitrogens with one attached hydrogen (secondary N) is 1. The highest BCUT2D eigenvalue weighted by Gasteiger charge is 2.03. The fraction of sp³-hybridized carbons (Fsp3) is 0.875. The molecule has 1 rings (SSSR count). The first-order valence-electron chi connectivity index (χ1n) is 4.97. The van der Waals surface area contributed by atoms with Crippen molar-refractivity contribution in [1.82, 2.24) is 25.5 Å². The largest absolute Gasteiger partial charge is 0.383 e. The fourth-order valence-electron chi connectivity index (χ4n) is 1.05. The van der Waals surface area contributed by atoms with E-state index in [2.05, 4.69) is 27.8 Å². The predicted octanol–water partition coefficient (Wildman–Crippen LogP) is 0.0211. The van der Waals surface area contributed by atoms with Gasteiger partial charge in [0.25, 0.3) is 0 Å². The molecule has 0 radical (unpaired) electrons. The molecule has 0 unspecified atom stereocenters. The number of aromatic nitrogens is 4. The Morgan fingerprint density at radius 3 is 3.07 bits per heavy atom. The van der Waals surface area contributed by atoms with Crippen LogP contribution in [0.15, 0.2) is 5.16 Å². The SMILES string of the molecule is CCSc1nnnn1CCNCCOC. The molecular formula is C8H17N5OS. The summed E-state index contributed by atoms with van der Waals surface area (Å²) in [7, 11) is 1.69. The summed E-state index contributed by atoms with van der Waals surface area (Å²) in [5.41, 5.74) is 0. The van der Waals surface area contributed by atoms with Crippen molar-refractivity contribution >= 4 is 11.8 Å². The third kappa shape index (κ3) is 4.59. The average molecular weight is 231 g/mol. The van der Waals surface area contributed by atoms with Crippen LogP contribution < -0.4 is 5.32 Å². The molecule has 1 aromatic rings. The van der Waals surface area contributed by atoms with Crippen LogP contribution in [0.4, 0.5) is 0 Å². The van der Waals surface area contributed by atoms with Gasteiger partial charge >= 0.3 is 0 Å². The van der Waals surface area contributed by atoms with Crippen LogP contribution in [-0.4, -0.2) is 52.8 Å². The van der Waals surface area contributed by atoms with Gasteiger partial charge in [-0.15, -0.1) is 5.10 Å². The summed E-state index contributed by atoms with van der Waals surface area (Å²) < 4.78 is 6.74. The van der Waals surface area contributed by atoms with Crippen LogP contribution in [0, 0.1) is 0 Å². The second-order valence-corrected chi connectivity index (χ2v) is 4.09. The fourth-order valence-corrected chi connectivity index (χ4v) is 1.68. The van der Waals surface area contributed by atoms with Gasteiger partial charge < -0.3 is 10.1 Å². The van der Waals surface area contributed by atoms with Crippen LogP contribution >= 0.6 is 11.8 Å². The number of thioether (sulfide) groups is 1. The maximum absolute atomic E-state index is 4.93. The van der Waals surface area contributed by atoms with Gasteiger partial charge in [-0.2, -0.15) is 0 Å². The standard InChI is InChI=1S/C8H17N5OS/c1-3-15-8-10-11-12-13(8)6-4-9-5-7-14-2/h9H,3-7H2,1-2H3. The minimum Gasteiger partial charge on any atom is -0.383 e. The van der Waals surface area contributed by atoms with E-state index in [9.17, 15) is 0 Å². The molecule has 1 aromatic heterocycles. The molecule has 0 spiro atoms. The van der Waals surface area contributed by atoms with E-state index >= 15 is 0 Å². The van der Waals surface area contributed by atoms with Gasteiger partial charge in [0.2, 0.25) is 5.16 Å². The Kier molecular flexibility index (Phi) is 6.29. The van der Waals surface area contributed by atoms with Gasteiger partial charge in [0.15, 0.2) is 0 Å². The van der Waals surface area contributed by atoms with Crippen molar-refractivity contribution in [1.29, 1.82) is 0 Å². The van der Waals surface area contributed by atoms with Crippen LogP contribution in [0.5, 0.6) is 0 Å². The first-order valence-corrected chi connectivity index (χ1v) is 5.95. The molecular weight excluding hydrogens is 214 g/mol. The van der Waals surface area contributed by atoms with Crippen LogP contribution in [0.3, 0.4) is 0 Å². The van der Waals surface area contributed by atoms with Crippen molar-refractivity contribution in [2.75, 3.05) is 32.6 Å². The lowest BCUT2D eigenvalue weighted by Crippen LogP contribution is -2.24. The third-order valence-electron chi connectivity index (χ3n) is 1.76. The van der Waals surface area contributed by atoms with E-state index < -0.39 is 0 Å². The summed E-state index contributed by atoms with van der Waals surface area (Å²) in [6.07, 6.45) is 0. The van der Waals surface area contributed by atoms with Crippen molar-refractivity contribution in [2.24, 2.45) is 0 Å². The molecule has 0 bridgehead atoms. The zero-order chi connectivity index (χ0) is 10.9. The molecule has 0 fully saturated rings. The van der Waals surface area contributed by atoms with E-state index in [1.807, 2.05) is 4.68 Å². The molecule has 86 valence electrons. The minimum absolute atomic E-state index is 0.728. The molecule has 0 saturated carbocycles. The van der Waals surface area contributed by atoms with E-state index in [-0.39, 0.29) is 0 Å². The van der Waals surface area contributed by atoms with E-state index in [0.717, 1.165) is 37.2 Å². The quantitative estimate of drug-likeness (QED) is 0.503. The highest BCUT2D eigenvalue weighted by Crippen LogP contribution is 2.11. The summed E-state index contributed by atoms with van der Waals surface area (Å²) in [6.45, 7) is 5.31. The predicted molar refractivity (Wildman–Crippen MR) is 59.0 cm³/mol. The Labute approximate surface area is 93.8 Å². The van der Waals surface area contributed by atoms with Crippen molar-refractivity contribution in [3.05, 3.63) is 0 Å². The van der Waals surface area contributed by atoms with E-state index in [0.29, 0.717) is 0 Å². The lowest BCUT2D eigenvalue weighted by atomic mass is 10.6. The molecule has 0 saturated heterocycles. The maximum atomic E-state index is 4.93. The molecule has 7 heteroatoms. The van der Waals surface area contributed by atoms with E-state index in [1.54, 1.807) is 18.9 Å². The van der Waals surface area contributed by atoms with Crippen LogP contribution in [0.25, 0.3) is 0 Å². The average Bonchev–Trinajstić information content (AvgIpc) is 2.66. The van der Waals surface area contributed by atoms with E-state index in [1.165, 1.54) is 0 Å². The molecule has 1 N–H and O–H groups in total. The summed E-state index contributed by atoms with van der Waals surface area (Å²) in [4.78, 5) is 0. The zero-order valence-electron chi connectivity index (χ0n) is 9.14. The third-order valence-corrected chi connectivity index (χ3v) is 2.60. The number of hydrogen-bond donors (Lipinski definition) is 1. The summed E-state index contributed by atoms with van der Waals surface area (Å²) in [5, 5.41) is 15.6. The Bertz CT molecular complexity index is 267. The van der Waals surface area contributed by atoms with Gasteiger partial charge in [0, 0.05) is 20.2 Å². The monoisotopic (exact) mass is 231 g/mol. The topological polar surface area (TPSA) is 64.9 Å². The van der Waals surface area contributed by atoms with Gasteiger partial charge in [-0.3, -0.25) is 0 Å². The van der Waals surface area contributed by atoms with Crippen molar-refractivity contribution in [3.63, 3.8) is 0 Å². The normalized spacial score (nSPS) is 10.8. The van der Waals surface area contributed by atoms with E-state index in [4.69, 9.17) is 4.74 Å². The first-order chi connectivity index (χ1) is 7.38.